The van der Waals surface area contributed by atoms with E-state index in [1.165, 1.54) is 9.88 Å². The minimum absolute atomic E-state index is 0. The van der Waals surface area contributed by atoms with E-state index in [0.29, 0.717) is 6.61 Å². The SMILES string of the molecule is CCc1cnc(CCNC(=NC)NC2CCc3nc(COC)nn3C2)s1.I. The van der Waals surface area contributed by atoms with E-state index in [1.54, 1.807) is 25.5 Å². The number of aliphatic imine (C=N–C) groups is 1. The second-order valence-electron chi connectivity index (χ2n) is 6.26. The molecule has 8 nitrogen and oxygen atoms in total. The van der Waals surface area contributed by atoms with Gasteiger partial charge in [-0.25, -0.2) is 14.6 Å². The van der Waals surface area contributed by atoms with Crippen molar-refractivity contribution in [2.75, 3.05) is 20.7 Å². The van der Waals surface area contributed by atoms with Crippen LogP contribution in [0.5, 0.6) is 0 Å². The first kappa shape index (κ1) is 22.0. The number of rotatable bonds is 7. The summed E-state index contributed by atoms with van der Waals surface area (Å²) >= 11 is 1.79. The summed E-state index contributed by atoms with van der Waals surface area (Å²) in [4.78, 5) is 14.6. The van der Waals surface area contributed by atoms with Gasteiger partial charge in [0.25, 0.3) is 0 Å². The van der Waals surface area contributed by atoms with Gasteiger partial charge in [-0.05, 0) is 12.8 Å². The molecular weight excluding hydrogens is 477 g/mol. The summed E-state index contributed by atoms with van der Waals surface area (Å²) in [5.41, 5.74) is 0. The van der Waals surface area contributed by atoms with Gasteiger partial charge in [0, 0.05) is 50.7 Å². The highest BCUT2D eigenvalue weighted by molar-refractivity contribution is 14.0. The molecule has 0 aliphatic carbocycles. The summed E-state index contributed by atoms with van der Waals surface area (Å²) in [5, 5.41) is 12.6. The number of aryl methyl sites for hydroxylation is 2. The number of hydrogen-bond donors (Lipinski definition) is 2. The molecule has 0 bridgehead atoms. The van der Waals surface area contributed by atoms with Crippen molar-refractivity contribution in [1.82, 2.24) is 30.4 Å². The summed E-state index contributed by atoms with van der Waals surface area (Å²) in [7, 11) is 3.46. The highest BCUT2D eigenvalue weighted by Gasteiger charge is 2.22. The fourth-order valence-electron chi connectivity index (χ4n) is 2.97. The molecule has 1 atom stereocenters. The van der Waals surface area contributed by atoms with Crippen LogP contribution in [0.15, 0.2) is 11.2 Å². The molecule has 1 aliphatic rings. The number of ether oxygens (including phenoxy) is 1. The molecule has 10 heteroatoms. The van der Waals surface area contributed by atoms with E-state index < -0.39 is 0 Å². The van der Waals surface area contributed by atoms with Crippen LogP contribution in [-0.4, -0.2) is 52.5 Å². The lowest BCUT2D eigenvalue weighted by Crippen LogP contribution is -2.47. The molecule has 2 aromatic heterocycles. The third-order valence-electron chi connectivity index (χ3n) is 4.32. The average Bonchev–Trinajstić information content (AvgIpc) is 3.27. The van der Waals surface area contributed by atoms with E-state index in [9.17, 15) is 0 Å². The molecule has 150 valence electrons. The van der Waals surface area contributed by atoms with Crippen molar-refractivity contribution in [3.63, 3.8) is 0 Å². The number of nitrogens with zero attached hydrogens (tertiary/aromatic N) is 5. The Bertz CT molecular complexity index is 745. The van der Waals surface area contributed by atoms with Crippen molar-refractivity contribution >= 4 is 41.3 Å². The Balaban J connectivity index is 0.00000261. The van der Waals surface area contributed by atoms with Crippen LogP contribution in [0, 0.1) is 0 Å². The van der Waals surface area contributed by atoms with Crippen molar-refractivity contribution in [2.45, 2.75) is 51.8 Å². The number of nitrogens with one attached hydrogen (secondary N) is 2. The van der Waals surface area contributed by atoms with Crippen LogP contribution in [0.2, 0.25) is 0 Å². The van der Waals surface area contributed by atoms with E-state index in [1.807, 2.05) is 10.9 Å². The van der Waals surface area contributed by atoms with Crippen LogP contribution in [0.1, 0.15) is 34.9 Å². The van der Waals surface area contributed by atoms with Crippen LogP contribution in [0.3, 0.4) is 0 Å². The predicted molar refractivity (Wildman–Crippen MR) is 118 cm³/mol. The van der Waals surface area contributed by atoms with Crippen LogP contribution in [0.25, 0.3) is 0 Å². The summed E-state index contributed by atoms with van der Waals surface area (Å²) in [5.74, 6) is 2.61. The number of guanidine groups is 1. The predicted octanol–water partition coefficient (Wildman–Crippen LogP) is 1.78. The first-order chi connectivity index (χ1) is 12.7. The zero-order valence-corrected chi connectivity index (χ0v) is 19.2. The maximum absolute atomic E-state index is 5.12. The Morgan fingerprint density at radius 2 is 2.33 bits per heavy atom. The zero-order valence-electron chi connectivity index (χ0n) is 16.1. The summed E-state index contributed by atoms with van der Waals surface area (Å²) in [6.45, 7) is 4.22. The van der Waals surface area contributed by atoms with E-state index >= 15 is 0 Å². The van der Waals surface area contributed by atoms with Crippen LogP contribution in [-0.2, 0) is 37.2 Å². The van der Waals surface area contributed by atoms with Crippen molar-refractivity contribution in [1.29, 1.82) is 0 Å². The molecule has 2 N–H and O–H groups in total. The van der Waals surface area contributed by atoms with Crippen LogP contribution >= 0.6 is 35.3 Å². The molecule has 0 radical (unpaired) electrons. The molecule has 2 aromatic rings. The van der Waals surface area contributed by atoms with Crippen LogP contribution < -0.4 is 10.6 Å². The quantitative estimate of drug-likeness (QED) is 0.339. The topological polar surface area (TPSA) is 89.2 Å². The second-order valence-corrected chi connectivity index (χ2v) is 7.46. The van der Waals surface area contributed by atoms with Gasteiger partial charge in [0.2, 0.25) is 0 Å². The number of hydrogen-bond acceptors (Lipinski definition) is 6. The molecule has 0 aromatic carbocycles. The fraction of sp³-hybridized carbons (Fsp3) is 0.647. The number of thiazole rings is 1. The minimum Gasteiger partial charge on any atom is -0.377 e. The third kappa shape index (κ3) is 6.11. The lowest BCUT2D eigenvalue weighted by atomic mass is 10.1. The number of methoxy groups -OCH3 is 1. The lowest BCUT2D eigenvalue weighted by molar-refractivity contribution is 0.177. The lowest BCUT2D eigenvalue weighted by Gasteiger charge is -2.25. The van der Waals surface area contributed by atoms with Crippen molar-refractivity contribution in [2.24, 2.45) is 4.99 Å². The zero-order chi connectivity index (χ0) is 18.4. The van der Waals surface area contributed by atoms with Crippen molar-refractivity contribution in [3.05, 3.63) is 27.7 Å². The molecule has 0 amide bonds. The summed E-state index contributed by atoms with van der Waals surface area (Å²) in [6, 6.07) is 0.289. The van der Waals surface area contributed by atoms with Gasteiger partial charge < -0.3 is 15.4 Å². The number of aromatic nitrogens is 4. The molecule has 3 heterocycles. The van der Waals surface area contributed by atoms with Gasteiger partial charge >= 0.3 is 0 Å². The van der Waals surface area contributed by atoms with Gasteiger partial charge in [0.05, 0.1) is 11.6 Å². The Labute approximate surface area is 181 Å². The van der Waals surface area contributed by atoms with Gasteiger partial charge in [-0.15, -0.1) is 35.3 Å². The molecular formula is C17H28IN7OS. The average molecular weight is 505 g/mol. The molecule has 1 aliphatic heterocycles. The Morgan fingerprint density at radius 3 is 3.04 bits per heavy atom. The molecule has 0 saturated heterocycles. The van der Waals surface area contributed by atoms with E-state index in [-0.39, 0.29) is 30.0 Å². The maximum Gasteiger partial charge on any atom is 0.191 e. The maximum atomic E-state index is 5.12. The molecule has 1 unspecified atom stereocenters. The van der Waals surface area contributed by atoms with Gasteiger partial charge in [0.15, 0.2) is 11.8 Å². The Kier molecular flexibility index (Phi) is 8.90. The highest BCUT2D eigenvalue weighted by atomic mass is 127. The minimum atomic E-state index is 0. The Hall–Kier alpha value is -1.27. The normalized spacial score (nSPS) is 16.6. The highest BCUT2D eigenvalue weighted by Crippen LogP contribution is 2.14. The monoisotopic (exact) mass is 505 g/mol. The summed E-state index contributed by atoms with van der Waals surface area (Å²) < 4.78 is 7.09. The molecule has 0 spiro atoms. The second kappa shape index (κ2) is 10.9. The number of halogens is 1. The van der Waals surface area contributed by atoms with Gasteiger partial charge in [0.1, 0.15) is 12.4 Å². The van der Waals surface area contributed by atoms with E-state index in [2.05, 4.69) is 37.6 Å². The van der Waals surface area contributed by atoms with Crippen molar-refractivity contribution in [3.8, 4) is 0 Å². The summed E-state index contributed by atoms with van der Waals surface area (Å²) in [6.07, 6.45) is 5.85. The van der Waals surface area contributed by atoms with Gasteiger partial charge in [-0.1, -0.05) is 6.92 Å². The molecule has 0 fully saturated rings. The largest absolute Gasteiger partial charge is 0.377 e. The van der Waals surface area contributed by atoms with E-state index in [4.69, 9.17) is 4.74 Å². The first-order valence-electron chi connectivity index (χ1n) is 9.04. The van der Waals surface area contributed by atoms with Gasteiger partial charge in [-0.3, -0.25) is 4.99 Å². The molecule has 27 heavy (non-hydrogen) atoms. The molecule has 3 rings (SSSR count). The van der Waals surface area contributed by atoms with Crippen LogP contribution in [0.4, 0.5) is 0 Å². The Morgan fingerprint density at radius 1 is 1.48 bits per heavy atom. The van der Waals surface area contributed by atoms with Crippen molar-refractivity contribution < 1.29 is 4.74 Å². The first-order valence-corrected chi connectivity index (χ1v) is 9.85. The fourth-order valence-corrected chi connectivity index (χ4v) is 3.83. The van der Waals surface area contributed by atoms with Gasteiger partial charge in [-0.2, -0.15) is 5.10 Å². The third-order valence-corrected chi connectivity index (χ3v) is 5.52. The van der Waals surface area contributed by atoms with E-state index in [0.717, 1.165) is 56.4 Å². The molecule has 0 saturated carbocycles. The number of fused-ring (bicyclic) bond motifs is 1. The smallest absolute Gasteiger partial charge is 0.191 e. The standard InChI is InChI=1S/C17H27N7OS.HI/c1-4-13-9-20-16(26-13)7-8-19-17(18-2)21-12-5-6-15-22-14(11-25-3)23-24(15)10-12;/h9,12H,4-8,10-11H2,1-3H3,(H2,18,19,21);1H.